The van der Waals surface area contributed by atoms with Gasteiger partial charge in [0.2, 0.25) is 0 Å². The smallest absolute Gasteiger partial charge is 0.289 e. The minimum atomic E-state index is -0.151. The van der Waals surface area contributed by atoms with Crippen molar-refractivity contribution in [2.45, 2.75) is 18.9 Å². The molecule has 1 atom stereocenters. The van der Waals surface area contributed by atoms with E-state index < -0.39 is 0 Å². The van der Waals surface area contributed by atoms with E-state index >= 15 is 0 Å². The lowest BCUT2D eigenvalue weighted by Gasteiger charge is -2.32. The largest absolute Gasteiger partial charge is 0.493 e. The van der Waals surface area contributed by atoms with Crippen LogP contribution < -0.4 is 9.47 Å². The standard InChI is InChI=1S/C20H19ClN2O4/c1-25-17-6-2-4-13-10-18(27-19(13)17)20(24)23-9-3-5-14(12-23)26-16-7-8-22-11-15(16)21/h2,4,6-8,10-11,14H,3,5,9,12H2,1H3/t14-/m1/s1. The number of benzene rings is 1. The number of aromatic nitrogens is 1. The van der Waals surface area contributed by atoms with Crippen molar-refractivity contribution in [2.75, 3.05) is 20.2 Å². The lowest BCUT2D eigenvalue weighted by atomic mass is 10.1. The van der Waals surface area contributed by atoms with Crippen molar-refractivity contribution in [2.24, 2.45) is 0 Å². The van der Waals surface area contributed by atoms with E-state index in [-0.39, 0.29) is 12.0 Å². The molecule has 7 heteroatoms. The molecule has 140 valence electrons. The van der Waals surface area contributed by atoms with Crippen molar-refractivity contribution in [3.63, 3.8) is 0 Å². The van der Waals surface area contributed by atoms with E-state index in [1.807, 2.05) is 18.2 Å². The third kappa shape index (κ3) is 3.57. The zero-order valence-corrected chi connectivity index (χ0v) is 15.6. The number of pyridine rings is 1. The predicted octanol–water partition coefficient (Wildman–Crippen LogP) is 4.17. The van der Waals surface area contributed by atoms with Gasteiger partial charge in [-0.1, -0.05) is 23.7 Å². The highest BCUT2D eigenvalue weighted by atomic mass is 35.5. The third-order valence-electron chi connectivity index (χ3n) is 4.63. The highest BCUT2D eigenvalue weighted by Gasteiger charge is 2.28. The summed E-state index contributed by atoms with van der Waals surface area (Å²) in [4.78, 5) is 18.6. The van der Waals surface area contributed by atoms with Crippen molar-refractivity contribution in [1.82, 2.24) is 9.88 Å². The lowest BCUT2D eigenvalue weighted by Crippen LogP contribution is -2.44. The number of fused-ring (bicyclic) bond motifs is 1. The normalized spacial score (nSPS) is 17.1. The Labute approximate surface area is 161 Å². The summed E-state index contributed by atoms with van der Waals surface area (Å²) in [5, 5.41) is 1.30. The fraction of sp³-hybridized carbons (Fsp3) is 0.300. The molecule has 0 spiro atoms. The van der Waals surface area contributed by atoms with E-state index in [0.29, 0.717) is 41.0 Å². The van der Waals surface area contributed by atoms with Crippen LogP contribution in [0.5, 0.6) is 11.5 Å². The maximum absolute atomic E-state index is 12.9. The number of halogens is 1. The highest BCUT2D eigenvalue weighted by Crippen LogP contribution is 2.30. The van der Waals surface area contributed by atoms with Crippen molar-refractivity contribution < 1.29 is 18.7 Å². The minimum absolute atomic E-state index is 0.124. The van der Waals surface area contributed by atoms with E-state index in [0.717, 1.165) is 18.2 Å². The molecule has 3 heterocycles. The summed E-state index contributed by atoms with van der Waals surface area (Å²) in [5.74, 6) is 1.35. The van der Waals surface area contributed by atoms with Gasteiger partial charge in [-0.05, 0) is 25.0 Å². The molecule has 3 aromatic rings. The molecular weight excluding hydrogens is 368 g/mol. The molecule has 27 heavy (non-hydrogen) atoms. The number of piperidine rings is 1. The van der Waals surface area contributed by atoms with Gasteiger partial charge in [0.15, 0.2) is 17.1 Å². The Balaban J connectivity index is 1.51. The van der Waals surface area contributed by atoms with E-state index in [9.17, 15) is 4.79 Å². The summed E-state index contributed by atoms with van der Waals surface area (Å²) in [7, 11) is 1.58. The number of carbonyl (C=O) groups excluding carboxylic acids is 1. The number of amides is 1. The second-order valence-corrected chi connectivity index (χ2v) is 6.84. The van der Waals surface area contributed by atoms with Crippen LogP contribution in [0, 0.1) is 0 Å². The molecule has 1 aliphatic rings. The van der Waals surface area contributed by atoms with Crippen molar-refractivity contribution >= 4 is 28.5 Å². The number of methoxy groups -OCH3 is 1. The molecule has 1 saturated heterocycles. The molecular formula is C20H19ClN2O4. The van der Waals surface area contributed by atoms with Crippen LogP contribution >= 0.6 is 11.6 Å². The Morgan fingerprint density at radius 3 is 3.04 bits per heavy atom. The number of nitrogens with zero attached hydrogens (tertiary/aromatic N) is 2. The number of ether oxygens (including phenoxy) is 2. The monoisotopic (exact) mass is 386 g/mol. The summed E-state index contributed by atoms with van der Waals surface area (Å²) in [6.07, 6.45) is 4.76. The van der Waals surface area contributed by atoms with Gasteiger partial charge in [0, 0.05) is 30.4 Å². The van der Waals surface area contributed by atoms with Gasteiger partial charge in [-0.2, -0.15) is 0 Å². The average molecular weight is 387 g/mol. The van der Waals surface area contributed by atoms with Crippen LogP contribution in [0.1, 0.15) is 23.4 Å². The number of furan rings is 1. The number of hydrogen-bond acceptors (Lipinski definition) is 5. The molecule has 0 radical (unpaired) electrons. The van der Waals surface area contributed by atoms with E-state index in [1.165, 1.54) is 0 Å². The average Bonchev–Trinajstić information content (AvgIpc) is 3.14. The molecule has 1 aliphatic heterocycles. The van der Waals surface area contributed by atoms with Gasteiger partial charge >= 0.3 is 0 Å². The fourth-order valence-corrected chi connectivity index (χ4v) is 3.48. The first-order valence-electron chi connectivity index (χ1n) is 8.77. The van der Waals surface area contributed by atoms with Crippen LogP contribution in [-0.4, -0.2) is 42.1 Å². The number of likely N-dealkylation sites (tertiary alicyclic amines) is 1. The maximum atomic E-state index is 12.9. The zero-order chi connectivity index (χ0) is 18.8. The number of carbonyl (C=O) groups is 1. The van der Waals surface area contributed by atoms with Gasteiger partial charge in [0.05, 0.1) is 13.7 Å². The van der Waals surface area contributed by atoms with Gasteiger partial charge in [0.1, 0.15) is 16.9 Å². The third-order valence-corrected chi connectivity index (χ3v) is 4.92. The number of rotatable bonds is 4. The van der Waals surface area contributed by atoms with Crippen LogP contribution in [-0.2, 0) is 0 Å². The molecule has 6 nitrogen and oxygen atoms in total. The molecule has 0 unspecified atom stereocenters. The summed E-state index contributed by atoms with van der Waals surface area (Å²) < 4.78 is 17.1. The molecule has 1 fully saturated rings. The van der Waals surface area contributed by atoms with E-state index in [1.54, 1.807) is 36.5 Å². The summed E-state index contributed by atoms with van der Waals surface area (Å²) in [6, 6.07) is 9.06. The predicted molar refractivity (Wildman–Crippen MR) is 102 cm³/mol. The molecule has 0 N–H and O–H groups in total. The second-order valence-electron chi connectivity index (χ2n) is 6.43. The van der Waals surface area contributed by atoms with Gasteiger partial charge in [-0.15, -0.1) is 0 Å². The number of para-hydroxylation sites is 1. The first kappa shape index (κ1) is 17.7. The summed E-state index contributed by atoms with van der Waals surface area (Å²) in [6.45, 7) is 1.14. The van der Waals surface area contributed by atoms with E-state index in [4.69, 9.17) is 25.5 Å². The molecule has 1 aromatic carbocycles. The Morgan fingerprint density at radius 2 is 2.22 bits per heavy atom. The molecule has 1 amide bonds. The van der Waals surface area contributed by atoms with Crippen LogP contribution in [0.4, 0.5) is 0 Å². The van der Waals surface area contributed by atoms with Gasteiger partial charge < -0.3 is 18.8 Å². The Hall–Kier alpha value is -2.73. The Bertz CT molecular complexity index is 972. The molecule has 4 rings (SSSR count). The topological polar surface area (TPSA) is 64.8 Å². The molecule has 0 bridgehead atoms. The van der Waals surface area contributed by atoms with Crippen LogP contribution in [0.25, 0.3) is 11.0 Å². The van der Waals surface area contributed by atoms with Crippen molar-refractivity contribution in [3.8, 4) is 11.5 Å². The van der Waals surface area contributed by atoms with Gasteiger partial charge in [-0.3, -0.25) is 9.78 Å². The first-order chi connectivity index (χ1) is 13.2. The summed E-state index contributed by atoms with van der Waals surface area (Å²) >= 11 is 6.12. The zero-order valence-electron chi connectivity index (χ0n) is 14.9. The highest BCUT2D eigenvalue weighted by molar-refractivity contribution is 6.31. The van der Waals surface area contributed by atoms with Crippen LogP contribution in [0.3, 0.4) is 0 Å². The van der Waals surface area contributed by atoms with Gasteiger partial charge in [0.25, 0.3) is 5.91 Å². The van der Waals surface area contributed by atoms with E-state index in [2.05, 4.69) is 4.98 Å². The molecule has 2 aromatic heterocycles. The Kier molecular flexibility index (Phi) is 4.90. The first-order valence-corrected chi connectivity index (χ1v) is 9.15. The van der Waals surface area contributed by atoms with Crippen LogP contribution in [0.15, 0.2) is 47.1 Å². The van der Waals surface area contributed by atoms with Crippen LogP contribution in [0.2, 0.25) is 5.02 Å². The molecule has 0 aliphatic carbocycles. The fourth-order valence-electron chi connectivity index (χ4n) is 3.31. The van der Waals surface area contributed by atoms with Gasteiger partial charge in [-0.25, -0.2) is 0 Å². The Morgan fingerprint density at radius 1 is 1.33 bits per heavy atom. The molecule has 0 saturated carbocycles. The summed E-state index contributed by atoms with van der Waals surface area (Å²) in [5.41, 5.74) is 0.580. The van der Waals surface area contributed by atoms with Crippen molar-refractivity contribution in [3.05, 3.63) is 53.5 Å². The quantitative estimate of drug-likeness (QED) is 0.673. The number of hydrogen-bond donors (Lipinski definition) is 0. The maximum Gasteiger partial charge on any atom is 0.289 e. The van der Waals surface area contributed by atoms with Crippen molar-refractivity contribution in [1.29, 1.82) is 0 Å². The second kappa shape index (κ2) is 7.48. The minimum Gasteiger partial charge on any atom is -0.493 e. The lowest BCUT2D eigenvalue weighted by molar-refractivity contribution is 0.0512. The SMILES string of the molecule is COc1cccc2cc(C(=O)N3CCC[C@@H](Oc4ccncc4Cl)C3)oc12.